The van der Waals surface area contributed by atoms with E-state index >= 15 is 0 Å². The van der Waals surface area contributed by atoms with Gasteiger partial charge in [-0.25, -0.2) is 8.42 Å². The molecule has 1 aromatic carbocycles. The monoisotopic (exact) mass is 362 g/mol. The molecule has 0 N–H and O–H groups in total. The predicted octanol–water partition coefficient (Wildman–Crippen LogP) is 1.94. The van der Waals surface area contributed by atoms with E-state index in [0.717, 1.165) is 0 Å². The maximum atomic E-state index is 12.6. The zero-order valence-electron chi connectivity index (χ0n) is 11.8. The number of halogens is 1. The van der Waals surface area contributed by atoms with Gasteiger partial charge in [0.1, 0.15) is 0 Å². The molecule has 0 bridgehead atoms. The molecule has 1 rings (SSSR count). The van der Waals surface area contributed by atoms with Crippen LogP contribution in [0.2, 0.25) is 0 Å². The quantitative estimate of drug-likeness (QED) is 0.776. The topological polar surface area (TPSA) is 57.7 Å². The normalized spacial score (nSPS) is 11.7. The summed E-state index contributed by atoms with van der Waals surface area (Å²) in [6, 6.07) is 6.49. The Morgan fingerprint density at radius 3 is 2.45 bits per heavy atom. The minimum absolute atomic E-state index is 0.143. The van der Waals surface area contributed by atoms with E-state index in [2.05, 4.69) is 15.9 Å². The van der Waals surface area contributed by atoms with Crippen LogP contribution < -0.4 is 0 Å². The first-order chi connectivity index (χ1) is 9.28. The number of amides is 1. The van der Waals surface area contributed by atoms with Crippen LogP contribution in [-0.4, -0.2) is 50.7 Å². The lowest BCUT2D eigenvalue weighted by atomic mass is 10.4. The second-order valence-corrected chi connectivity index (χ2v) is 7.44. The summed E-state index contributed by atoms with van der Waals surface area (Å²) < 4.78 is 27.0. The summed E-state index contributed by atoms with van der Waals surface area (Å²) in [5.41, 5.74) is 0. The van der Waals surface area contributed by atoms with Crippen molar-refractivity contribution < 1.29 is 13.2 Å². The standard InChI is InChI=1S/C13H19BrN2O3S/c1-4-8-16(10-13(17)15(2)3)20(18,19)12-7-5-6-11(14)9-12/h5-7,9H,4,8,10H2,1-3H3. The van der Waals surface area contributed by atoms with Crippen LogP contribution in [0, 0.1) is 0 Å². The third kappa shape index (κ3) is 4.29. The van der Waals surface area contributed by atoms with E-state index in [-0.39, 0.29) is 17.3 Å². The van der Waals surface area contributed by atoms with E-state index in [9.17, 15) is 13.2 Å². The molecule has 0 spiro atoms. The first kappa shape index (κ1) is 17.1. The molecule has 1 aromatic rings. The van der Waals surface area contributed by atoms with Crippen molar-refractivity contribution in [2.45, 2.75) is 18.2 Å². The van der Waals surface area contributed by atoms with Crippen LogP contribution in [0.3, 0.4) is 0 Å². The largest absolute Gasteiger partial charge is 0.348 e. The summed E-state index contributed by atoms with van der Waals surface area (Å²) in [6.45, 7) is 2.05. The van der Waals surface area contributed by atoms with Crippen LogP contribution >= 0.6 is 15.9 Å². The highest BCUT2D eigenvalue weighted by Gasteiger charge is 2.26. The van der Waals surface area contributed by atoms with Crippen LogP contribution in [0.4, 0.5) is 0 Å². The van der Waals surface area contributed by atoms with Crippen molar-refractivity contribution in [3.05, 3.63) is 28.7 Å². The minimum Gasteiger partial charge on any atom is -0.348 e. The maximum Gasteiger partial charge on any atom is 0.243 e. The molecule has 0 aliphatic rings. The van der Waals surface area contributed by atoms with Crippen molar-refractivity contribution in [2.75, 3.05) is 27.2 Å². The van der Waals surface area contributed by atoms with Crippen LogP contribution in [0.15, 0.2) is 33.6 Å². The molecule has 0 aliphatic carbocycles. The summed E-state index contributed by atoms with van der Waals surface area (Å²) in [7, 11) is -0.440. The molecule has 20 heavy (non-hydrogen) atoms. The summed E-state index contributed by atoms with van der Waals surface area (Å²) in [4.78, 5) is 13.4. The predicted molar refractivity (Wildman–Crippen MR) is 81.9 cm³/mol. The Morgan fingerprint density at radius 2 is 1.95 bits per heavy atom. The van der Waals surface area contributed by atoms with E-state index < -0.39 is 10.0 Å². The van der Waals surface area contributed by atoms with Crippen molar-refractivity contribution in [2.24, 2.45) is 0 Å². The zero-order valence-corrected chi connectivity index (χ0v) is 14.2. The van der Waals surface area contributed by atoms with E-state index in [0.29, 0.717) is 17.4 Å². The fraction of sp³-hybridized carbons (Fsp3) is 0.462. The summed E-state index contributed by atoms with van der Waals surface area (Å²) >= 11 is 3.26. The Bertz CT molecular complexity index is 573. The summed E-state index contributed by atoms with van der Waals surface area (Å²) in [5.74, 6) is -0.239. The lowest BCUT2D eigenvalue weighted by Crippen LogP contribution is -2.40. The molecule has 1 amide bonds. The lowest BCUT2D eigenvalue weighted by molar-refractivity contribution is -0.128. The number of benzene rings is 1. The van der Waals surface area contributed by atoms with Crippen molar-refractivity contribution in [1.82, 2.24) is 9.21 Å². The van der Waals surface area contributed by atoms with Crippen LogP contribution in [0.1, 0.15) is 13.3 Å². The maximum absolute atomic E-state index is 12.6. The first-order valence-electron chi connectivity index (χ1n) is 6.25. The fourth-order valence-electron chi connectivity index (χ4n) is 1.60. The number of sulfonamides is 1. The first-order valence-corrected chi connectivity index (χ1v) is 8.48. The van der Waals surface area contributed by atoms with Crippen LogP contribution in [0.5, 0.6) is 0 Å². The van der Waals surface area contributed by atoms with Gasteiger partial charge in [-0.2, -0.15) is 4.31 Å². The number of carbonyl (C=O) groups is 1. The second-order valence-electron chi connectivity index (χ2n) is 4.58. The van der Waals surface area contributed by atoms with Crippen molar-refractivity contribution in [3.63, 3.8) is 0 Å². The third-order valence-corrected chi connectivity index (χ3v) is 5.05. The molecule has 5 nitrogen and oxygen atoms in total. The molecule has 0 saturated carbocycles. The Kier molecular flexibility index (Phi) is 6.16. The smallest absolute Gasteiger partial charge is 0.243 e. The lowest BCUT2D eigenvalue weighted by Gasteiger charge is -2.22. The Labute approximate surface area is 128 Å². The van der Waals surface area contributed by atoms with Crippen LogP contribution in [-0.2, 0) is 14.8 Å². The number of hydrogen-bond acceptors (Lipinski definition) is 3. The number of likely N-dealkylation sites (N-methyl/N-ethyl adjacent to an activating group) is 1. The zero-order chi connectivity index (χ0) is 15.3. The molecule has 0 radical (unpaired) electrons. The van der Waals surface area contributed by atoms with Gasteiger partial charge >= 0.3 is 0 Å². The number of hydrogen-bond donors (Lipinski definition) is 0. The second kappa shape index (κ2) is 7.19. The SMILES string of the molecule is CCCN(CC(=O)N(C)C)S(=O)(=O)c1cccc(Br)c1. The summed E-state index contributed by atoms with van der Waals surface area (Å²) in [5, 5.41) is 0. The highest BCUT2D eigenvalue weighted by Crippen LogP contribution is 2.20. The Morgan fingerprint density at radius 1 is 1.30 bits per heavy atom. The Hall–Kier alpha value is -0.920. The average Bonchev–Trinajstić information content (AvgIpc) is 2.37. The molecule has 7 heteroatoms. The third-order valence-electron chi connectivity index (χ3n) is 2.72. The van der Waals surface area contributed by atoms with Crippen LogP contribution in [0.25, 0.3) is 0 Å². The van der Waals surface area contributed by atoms with Gasteiger partial charge in [-0.1, -0.05) is 28.9 Å². The fourth-order valence-corrected chi connectivity index (χ4v) is 3.68. The number of rotatable bonds is 6. The van der Waals surface area contributed by atoms with Gasteiger partial charge in [0.25, 0.3) is 0 Å². The number of nitrogens with zero attached hydrogens (tertiary/aromatic N) is 2. The molecule has 0 aromatic heterocycles. The van der Waals surface area contributed by atoms with Gasteiger partial charge in [0.2, 0.25) is 15.9 Å². The van der Waals surface area contributed by atoms with Gasteiger partial charge in [-0.05, 0) is 24.6 Å². The molecule has 112 valence electrons. The van der Waals surface area contributed by atoms with Crippen molar-refractivity contribution in [1.29, 1.82) is 0 Å². The van der Waals surface area contributed by atoms with E-state index in [1.54, 1.807) is 26.2 Å². The number of carbonyl (C=O) groups excluding carboxylic acids is 1. The van der Waals surface area contributed by atoms with Gasteiger partial charge < -0.3 is 4.90 Å². The van der Waals surface area contributed by atoms with Gasteiger partial charge in [0.05, 0.1) is 11.4 Å². The van der Waals surface area contributed by atoms with E-state index in [1.165, 1.54) is 21.3 Å². The van der Waals surface area contributed by atoms with Gasteiger partial charge in [-0.3, -0.25) is 4.79 Å². The molecule has 0 unspecified atom stereocenters. The molecule has 0 aliphatic heterocycles. The van der Waals surface area contributed by atoms with E-state index in [1.807, 2.05) is 6.92 Å². The highest BCUT2D eigenvalue weighted by atomic mass is 79.9. The molecule has 0 fully saturated rings. The Balaban J connectivity index is 3.09. The van der Waals surface area contributed by atoms with Crippen molar-refractivity contribution in [3.8, 4) is 0 Å². The van der Waals surface area contributed by atoms with Gasteiger partial charge in [0, 0.05) is 25.1 Å². The molecule has 0 saturated heterocycles. The highest BCUT2D eigenvalue weighted by molar-refractivity contribution is 9.10. The minimum atomic E-state index is -3.66. The van der Waals surface area contributed by atoms with Gasteiger partial charge in [0.15, 0.2) is 0 Å². The average molecular weight is 363 g/mol. The molecular weight excluding hydrogens is 344 g/mol. The molecule has 0 heterocycles. The van der Waals surface area contributed by atoms with Crippen molar-refractivity contribution >= 4 is 31.9 Å². The summed E-state index contributed by atoms with van der Waals surface area (Å²) in [6.07, 6.45) is 0.647. The van der Waals surface area contributed by atoms with Gasteiger partial charge in [-0.15, -0.1) is 0 Å². The van der Waals surface area contributed by atoms with E-state index in [4.69, 9.17) is 0 Å². The molecular formula is C13H19BrN2O3S. The molecule has 0 atom stereocenters.